The fourth-order valence-corrected chi connectivity index (χ4v) is 1.38. The van der Waals surface area contributed by atoms with Gasteiger partial charge in [0.1, 0.15) is 17.6 Å². The van der Waals surface area contributed by atoms with Gasteiger partial charge in [0.25, 0.3) is 0 Å². The predicted molar refractivity (Wildman–Crippen MR) is 94.4 cm³/mol. The molecule has 3 N–H and O–H groups in total. The monoisotopic (exact) mass is 425 g/mol. The molecule has 0 saturated heterocycles. The summed E-state index contributed by atoms with van der Waals surface area (Å²) in [5, 5.41) is 12.6. The lowest BCUT2D eigenvalue weighted by molar-refractivity contribution is 0.0529. The number of hydrogen-bond donors (Lipinski definition) is 3. The molecule has 126 valence electrons. The van der Waals surface area contributed by atoms with Crippen LogP contribution in [0.1, 0.15) is 26.5 Å². The van der Waals surface area contributed by atoms with E-state index in [0.29, 0.717) is 25.6 Å². The van der Waals surface area contributed by atoms with E-state index in [9.17, 15) is 4.79 Å². The van der Waals surface area contributed by atoms with Gasteiger partial charge in [-0.15, -0.1) is 24.0 Å². The standard InChI is InChI=1S/C13H23N5O3.HI/c1-13(2,3)21-12(19)16-7-6-15-11(14-4)17-9-10-5-8-20-18-10;/h5,8H,6-7,9H2,1-4H3,(H,16,19)(H2,14,15,17);1H. The minimum Gasteiger partial charge on any atom is -0.444 e. The molecule has 0 bridgehead atoms. The number of nitrogens with one attached hydrogen (secondary N) is 3. The third kappa shape index (κ3) is 9.42. The molecule has 0 aromatic carbocycles. The van der Waals surface area contributed by atoms with Crippen molar-refractivity contribution in [1.29, 1.82) is 0 Å². The summed E-state index contributed by atoms with van der Waals surface area (Å²) < 4.78 is 9.86. The molecule has 1 amide bonds. The molecule has 1 aromatic rings. The van der Waals surface area contributed by atoms with E-state index in [1.807, 2.05) is 20.8 Å². The molecule has 0 aliphatic rings. The molecule has 0 unspecified atom stereocenters. The summed E-state index contributed by atoms with van der Waals surface area (Å²) in [6.45, 7) is 6.93. The van der Waals surface area contributed by atoms with Gasteiger partial charge in [-0.25, -0.2) is 4.79 Å². The zero-order valence-electron chi connectivity index (χ0n) is 13.3. The van der Waals surface area contributed by atoms with Crippen molar-refractivity contribution < 1.29 is 14.1 Å². The number of guanidine groups is 1. The molecular weight excluding hydrogens is 401 g/mol. The van der Waals surface area contributed by atoms with Crippen LogP contribution in [0.25, 0.3) is 0 Å². The molecular formula is C13H24IN5O3. The molecule has 1 aromatic heterocycles. The average molecular weight is 425 g/mol. The van der Waals surface area contributed by atoms with Crippen LogP contribution in [0.15, 0.2) is 21.8 Å². The van der Waals surface area contributed by atoms with Gasteiger partial charge in [-0.05, 0) is 20.8 Å². The van der Waals surface area contributed by atoms with Gasteiger partial charge in [0.05, 0.1) is 6.54 Å². The summed E-state index contributed by atoms with van der Waals surface area (Å²) in [4.78, 5) is 15.5. The first-order valence-corrected chi connectivity index (χ1v) is 6.71. The normalized spacial score (nSPS) is 11.4. The first-order valence-electron chi connectivity index (χ1n) is 6.71. The van der Waals surface area contributed by atoms with Crippen LogP contribution in [0.5, 0.6) is 0 Å². The van der Waals surface area contributed by atoms with Crippen molar-refractivity contribution >= 4 is 36.0 Å². The summed E-state index contributed by atoms with van der Waals surface area (Å²) in [5.74, 6) is 0.615. The Labute approximate surface area is 147 Å². The molecule has 8 nitrogen and oxygen atoms in total. The quantitative estimate of drug-likeness (QED) is 0.286. The maximum absolute atomic E-state index is 11.4. The second-order valence-corrected chi connectivity index (χ2v) is 5.27. The van der Waals surface area contributed by atoms with E-state index in [1.165, 1.54) is 6.26 Å². The molecule has 0 aliphatic carbocycles. The second-order valence-electron chi connectivity index (χ2n) is 5.27. The van der Waals surface area contributed by atoms with E-state index in [1.54, 1.807) is 13.1 Å². The van der Waals surface area contributed by atoms with Gasteiger partial charge < -0.3 is 25.2 Å². The number of amides is 1. The third-order valence-electron chi connectivity index (χ3n) is 2.24. The molecule has 0 atom stereocenters. The van der Waals surface area contributed by atoms with Crippen molar-refractivity contribution in [2.24, 2.45) is 4.99 Å². The Kier molecular flexibility index (Phi) is 9.54. The largest absolute Gasteiger partial charge is 0.444 e. The van der Waals surface area contributed by atoms with Gasteiger partial charge in [0, 0.05) is 26.2 Å². The molecule has 0 fully saturated rings. The first kappa shape index (κ1) is 20.5. The van der Waals surface area contributed by atoms with Gasteiger partial charge in [0.2, 0.25) is 0 Å². The summed E-state index contributed by atoms with van der Waals surface area (Å²) in [5.41, 5.74) is 0.289. The lowest BCUT2D eigenvalue weighted by Gasteiger charge is -2.19. The molecule has 22 heavy (non-hydrogen) atoms. The summed E-state index contributed by atoms with van der Waals surface area (Å²) in [6.07, 6.45) is 1.08. The number of halogens is 1. The fraction of sp³-hybridized carbons (Fsp3) is 0.615. The third-order valence-corrected chi connectivity index (χ3v) is 2.24. The number of carbonyl (C=O) groups is 1. The number of aromatic nitrogens is 1. The van der Waals surface area contributed by atoms with Crippen LogP contribution in [0, 0.1) is 0 Å². The van der Waals surface area contributed by atoms with E-state index in [4.69, 9.17) is 9.26 Å². The SMILES string of the molecule is CN=C(NCCNC(=O)OC(C)(C)C)NCc1ccon1.I. The zero-order chi connectivity index (χ0) is 15.7. The second kappa shape index (κ2) is 10.2. The first-order chi connectivity index (χ1) is 9.90. The number of alkyl carbamates (subject to hydrolysis) is 1. The summed E-state index contributed by atoms with van der Waals surface area (Å²) >= 11 is 0. The van der Waals surface area contributed by atoms with Crippen molar-refractivity contribution in [1.82, 2.24) is 21.1 Å². The minimum absolute atomic E-state index is 0. The maximum atomic E-state index is 11.4. The van der Waals surface area contributed by atoms with E-state index in [0.717, 1.165) is 5.69 Å². The van der Waals surface area contributed by atoms with Gasteiger partial charge in [-0.1, -0.05) is 5.16 Å². The smallest absolute Gasteiger partial charge is 0.407 e. The number of rotatable bonds is 5. The fourth-order valence-electron chi connectivity index (χ4n) is 1.38. The maximum Gasteiger partial charge on any atom is 0.407 e. The number of aliphatic imine (C=N–C) groups is 1. The Balaban J connectivity index is 0.00000441. The predicted octanol–water partition coefficient (Wildman–Crippen LogP) is 1.48. The van der Waals surface area contributed by atoms with Crippen LogP contribution in [0.4, 0.5) is 4.79 Å². The minimum atomic E-state index is -0.493. The van der Waals surface area contributed by atoms with Gasteiger partial charge in [0.15, 0.2) is 5.96 Å². The molecule has 0 spiro atoms. The van der Waals surface area contributed by atoms with Crippen molar-refractivity contribution in [2.45, 2.75) is 32.9 Å². The highest BCUT2D eigenvalue weighted by Gasteiger charge is 2.15. The highest BCUT2D eigenvalue weighted by Crippen LogP contribution is 2.05. The zero-order valence-corrected chi connectivity index (χ0v) is 15.6. The van der Waals surface area contributed by atoms with Gasteiger partial charge in [-0.2, -0.15) is 0 Å². The van der Waals surface area contributed by atoms with Crippen LogP contribution in [-0.2, 0) is 11.3 Å². The van der Waals surface area contributed by atoms with Crippen LogP contribution in [-0.4, -0.2) is 42.9 Å². The van der Waals surface area contributed by atoms with Crippen LogP contribution in [0.2, 0.25) is 0 Å². The topological polar surface area (TPSA) is 101 Å². The Bertz CT molecular complexity index is 457. The van der Waals surface area contributed by atoms with E-state index < -0.39 is 11.7 Å². The number of carbonyl (C=O) groups excluding carboxylic acids is 1. The average Bonchev–Trinajstić information content (AvgIpc) is 2.89. The number of hydrogen-bond acceptors (Lipinski definition) is 5. The lowest BCUT2D eigenvalue weighted by atomic mass is 10.2. The molecule has 0 radical (unpaired) electrons. The number of ether oxygens (including phenoxy) is 1. The van der Waals surface area contributed by atoms with Crippen LogP contribution in [0.3, 0.4) is 0 Å². The van der Waals surface area contributed by atoms with E-state index in [2.05, 4.69) is 26.1 Å². The van der Waals surface area contributed by atoms with E-state index >= 15 is 0 Å². The molecule has 0 saturated carbocycles. The molecule has 9 heteroatoms. The van der Waals surface area contributed by atoms with E-state index in [-0.39, 0.29) is 24.0 Å². The molecule has 1 heterocycles. The molecule has 0 aliphatic heterocycles. The van der Waals surface area contributed by atoms with Crippen LogP contribution >= 0.6 is 24.0 Å². The highest BCUT2D eigenvalue weighted by molar-refractivity contribution is 14.0. The Morgan fingerprint density at radius 1 is 1.32 bits per heavy atom. The summed E-state index contributed by atoms with van der Waals surface area (Å²) in [7, 11) is 1.67. The van der Waals surface area contributed by atoms with Crippen molar-refractivity contribution in [3.05, 3.63) is 18.0 Å². The van der Waals surface area contributed by atoms with Crippen molar-refractivity contribution in [3.8, 4) is 0 Å². The van der Waals surface area contributed by atoms with Crippen LogP contribution < -0.4 is 16.0 Å². The van der Waals surface area contributed by atoms with Crippen molar-refractivity contribution in [2.75, 3.05) is 20.1 Å². The Morgan fingerprint density at radius 3 is 2.55 bits per heavy atom. The van der Waals surface area contributed by atoms with Gasteiger partial charge in [-0.3, -0.25) is 4.99 Å². The highest BCUT2D eigenvalue weighted by atomic mass is 127. The Morgan fingerprint density at radius 2 is 2.00 bits per heavy atom. The van der Waals surface area contributed by atoms with Crippen molar-refractivity contribution in [3.63, 3.8) is 0 Å². The molecule has 1 rings (SSSR count). The number of nitrogens with zero attached hydrogens (tertiary/aromatic N) is 2. The summed E-state index contributed by atoms with van der Waals surface area (Å²) in [6, 6.07) is 1.77. The Hall–Kier alpha value is -1.52. The lowest BCUT2D eigenvalue weighted by Crippen LogP contribution is -2.42. The van der Waals surface area contributed by atoms with Gasteiger partial charge >= 0.3 is 6.09 Å².